The van der Waals surface area contributed by atoms with Crippen LogP contribution in [0.25, 0.3) is 0 Å². The second kappa shape index (κ2) is 3.87. The Morgan fingerprint density at radius 1 is 1.47 bits per heavy atom. The number of rotatable bonds is 2. The molecular weight excluding hydrogens is 212 g/mol. The summed E-state index contributed by atoms with van der Waals surface area (Å²) < 4.78 is 0. The van der Waals surface area contributed by atoms with Gasteiger partial charge in [0, 0.05) is 23.0 Å². The summed E-state index contributed by atoms with van der Waals surface area (Å²) >= 11 is 5.94. The van der Waals surface area contributed by atoms with Gasteiger partial charge in [0.15, 0.2) is 5.82 Å². The molecule has 0 bridgehead atoms. The molecule has 0 spiro atoms. The summed E-state index contributed by atoms with van der Waals surface area (Å²) in [5, 5.41) is 0.590. The molecule has 0 aliphatic rings. The average Bonchev–Trinajstić information content (AvgIpc) is 2.74. The molecule has 1 heterocycles. The number of H-pyrrole nitrogens is 1. The van der Waals surface area contributed by atoms with E-state index in [0.29, 0.717) is 16.4 Å². The lowest BCUT2D eigenvalue weighted by Crippen LogP contribution is -2.03. The van der Waals surface area contributed by atoms with Crippen molar-refractivity contribution in [3.05, 3.63) is 52.6 Å². The van der Waals surface area contributed by atoms with E-state index in [4.69, 9.17) is 11.6 Å². The van der Waals surface area contributed by atoms with E-state index in [1.54, 1.807) is 24.5 Å². The Hall–Kier alpha value is -1.61. The molecule has 1 aromatic carbocycles. The third-order valence-corrected chi connectivity index (χ3v) is 2.55. The molecule has 0 aliphatic carbocycles. The van der Waals surface area contributed by atoms with Crippen LogP contribution in [0.1, 0.15) is 21.7 Å². The van der Waals surface area contributed by atoms with E-state index in [1.165, 1.54) is 0 Å². The van der Waals surface area contributed by atoms with Gasteiger partial charge in [0.25, 0.3) is 0 Å². The smallest absolute Gasteiger partial charge is 0.228 e. The Bertz CT molecular complexity index is 491. The maximum atomic E-state index is 11.8. The first-order valence-corrected chi connectivity index (χ1v) is 4.86. The van der Waals surface area contributed by atoms with Crippen molar-refractivity contribution in [3.8, 4) is 0 Å². The molecule has 2 rings (SSSR count). The zero-order chi connectivity index (χ0) is 10.8. The Balaban J connectivity index is 2.39. The van der Waals surface area contributed by atoms with Gasteiger partial charge in [-0.3, -0.25) is 4.79 Å². The molecule has 0 radical (unpaired) electrons. The highest BCUT2D eigenvalue weighted by atomic mass is 35.5. The van der Waals surface area contributed by atoms with E-state index in [-0.39, 0.29) is 5.78 Å². The lowest BCUT2D eigenvalue weighted by atomic mass is 10.1. The van der Waals surface area contributed by atoms with E-state index >= 15 is 0 Å². The van der Waals surface area contributed by atoms with Gasteiger partial charge >= 0.3 is 0 Å². The molecule has 3 nitrogen and oxygen atoms in total. The molecule has 0 fully saturated rings. The molecule has 4 heteroatoms. The number of hydrogen-bond donors (Lipinski definition) is 1. The van der Waals surface area contributed by atoms with Gasteiger partial charge in [0.1, 0.15) is 0 Å². The van der Waals surface area contributed by atoms with Crippen LogP contribution in [-0.4, -0.2) is 15.8 Å². The summed E-state index contributed by atoms with van der Waals surface area (Å²) in [4.78, 5) is 18.5. The van der Waals surface area contributed by atoms with Crippen molar-refractivity contribution in [3.63, 3.8) is 0 Å². The van der Waals surface area contributed by atoms with Crippen LogP contribution in [0, 0.1) is 6.92 Å². The fourth-order valence-corrected chi connectivity index (χ4v) is 1.44. The molecule has 0 aliphatic heterocycles. The minimum atomic E-state index is -0.151. The quantitative estimate of drug-likeness (QED) is 0.791. The number of carbonyl (C=O) groups excluding carboxylic acids is 1. The van der Waals surface area contributed by atoms with Crippen LogP contribution in [0.2, 0.25) is 5.02 Å². The molecule has 0 atom stereocenters. The third-order valence-electron chi connectivity index (χ3n) is 2.15. The van der Waals surface area contributed by atoms with Crippen LogP contribution in [-0.2, 0) is 0 Å². The molecule has 1 aromatic heterocycles. The molecule has 2 aromatic rings. The summed E-state index contributed by atoms with van der Waals surface area (Å²) in [5.74, 6) is 0.178. The van der Waals surface area contributed by atoms with Gasteiger partial charge in [-0.25, -0.2) is 4.98 Å². The summed E-state index contributed by atoms with van der Waals surface area (Å²) in [6.07, 6.45) is 3.16. The number of hydrogen-bond acceptors (Lipinski definition) is 2. The second-order valence-electron chi connectivity index (χ2n) is 3.23. The highest BCUT2D eigenvalue weighted by Gasteiger charge is 2.11. The van der Waals surface area contributed by atoms with E-state index in [0.717, 1.165) is 5.56 Å². The molecule has 0 saturated heterocycles. The predicted octanol–water partition coefficient (Wildman–Crippen LogP) is 2.60. The number of nitrogens with zero attached hydrogens (tertiary/aromatic N) is 1. The zero-order valence-electron chi connectivity index (χ0n) is 8.12. The fourth-order valence-electron chi connectivity index (χ4n) is 1.26. The van der Waals surface area contributed by atoms with E-state index < -0.39 is 0 Å². The topological polar surface area (TPSA) is 45.8 Å². The molecular formula is C11H9ClN2O. The van der Waals surface area contributed by atoms with E-state index in [2.05, 4.69) is 9.97 Å². The van der Waals surface area contributed by atoms with Gasteiger partial charge in [0.05, 0.1) is 0 Å². The number of benzene rings is 1. The van der Waals surface area contributed by atoms with Crippen LogP contribution in [0.4, 0.5) is 0 Å². The van der Waals surface area contributed by atoms with Gasteiger partial charge in [-0.15, -0.1) is 0 Å². The lowest BCUT2D eigenvalue weighted by molar-refractivity contribution is 0.103. The standard InChI is InChI=1S/C11H9ClN2O/c1-7-2-3-8(6-9(7)12)10(15)11-13-4-5-14-11/h2-6H,1H3,(H,13,14). The monoisotopic (exact) mass is 220 g/mol. The average molecular weight is 221 g/mol. The Kier molecular flexibility index (Phi) is 2.56. The largest absolute Gasteiger partial charge is 0.342 e. The van der Waals surface area contributed by atoms with Crippen molar-refractivity contribution in [1.82, 2.24) is 9.97 Å². The number of nitrogens with one attached hydrogen (secondary N) is 1. The van der Waals surface area contributed by atoms with E-state index in [1.807, 2.05) is 13.0 Å². The summed E-state index contributed by atoms with van der Waals surface area (Å²) in [7, 11) is 0. The minimum Gasteiger partial charge on any atom is -0.342 e. The van der Waals surface area contributed by atoms with Gasteiger partial charge < -0.3 is 4.98 Å². The van der Waals surface area contributed by atoms with E-state index in [9.17, 15) is 4.79 Å². The first-order valence-electron chi connectivity index (χ1n) is 4.48. The van der Waals surface area contributed by atoms with Crippen LogP contribution in [0.3, 0.4) is 0 Å². The van der Waals surface area contributed by atoms with Crippen LogP contribution in [0.15, 0.2) is 30.6 Å². The number of aromatic nitrogens is 2. The van der Waals surface area contributed by atoms with Crippen molar-refractivity contribution in [1.29, 1.82) is 0 Å². The van der Waals surface area contributed by atoms with Gasteiger partial charge in [-0.1, -0.05) is 23.7 Å². The first-order chi connectivity index (χ1) is 7.18. The van der Waals surface area contributed by atoms with Crippen molar-refractivity contribution in [2.75, 3.05) is 0 Å². The molecule has 76 valence electrons. The molecule has 0 amide bonds. The highest BCUT2D eigenvalue weighted by molar-refractivity contribution is 6.31. The van der Waals surface area contributed by atoms with Crippen molar-refractivity contribution < 1.29 is 4.79 Å². The first kappa shape index (κ1) is 9.93. The summed E-state index contributed by atoms with van der Waals surface area (Å²) in [6.45, 7) is 1.89. The summed E-state index contributed by atoms with van der Waals surface area (Å²) in [6, 6.07) is 5.21. The number of imidazole rings is 1. The molecule has 1 N–H and O–H groups in total. The predicted molar refractivity (Wildman–Crippen MR) is 58.2 cm³/mol. The number of ketones is 1. The van der Waals surface area contributed by atoms with Crippen molar-refractivity contribution in [2.24, 2.45) is 0 Å². The maximum Gasteiger partial charge on any atom is 0.228 e. The number of halogens is 1. The molecule has 0 saturated carbocycles. The maximum absolute atomic E-state index is 11.8. The van der Waals surface area contributed by atoms with Crippen molar-refractivity contribution >= 4 is 17.4 Å². The van der Waals surface area contributed by atoms with Crippen LogP contribution >= 0.6 is 11.6 Å². The number of carbonyl (C=O) groups is 1. The van der Waals surface area contributed by atoms with Crippen molar-refractivity contribution in [2.45, 2.75) is 6.92 Å². The van der Waals surface area contributed by atoms with Crippen LogP contribution < -0.4 is 0 Å². The number of aryl methyl sites for hydroxylation is 1. The molecule has 0 unspecified atom stereocenters. The highest BCUT2D eigenvalue weighted by Crippen LogP contribution is 2.18. The Morgan fingerprint density at radius 2 is 2.27 bits per heavy atom. The second-order valence-corrected chi connectivity index (χ2v) is 3.64. The Morgan fingerprint density at radius 3 is 2.87 bits per heavy atom. The fraction of sp³-hybridized carbons (Fsp3) is 0.0909. The SMILES string of the molecule is Cc1ccc(C(=O)c2ncc[nH]2)cc1Cl. The molecule has 15 heavy (non-hydrogen) atoms. The van der Waals surface area contributed by atoms with Gasteiger partial charge in [-0.2, -0.15) is 0 Å². The van der Waals surface area contributed by atoms with Crippen LogP contribution in [0.5, 0.6) is 0 Å². The Labute approximate surface area is 92.1 Å². The van der Waals surface area contributed by atoms with Gasteiger partial charge in [0.2, 0.25) is 5.78 Å². The van der Waals surface area contributed by atoms with Gasteiger partial charge in [-0.05, 0) is 18.6 Å². The third kappa shape index (κ3) is 1.92. The number of aromatic amines is 1. The normalized spacial score (nSPS) is 10.3. The minimum absolute atomic E-state index is 0.151. The summed E-state index contributed by atoms with van der Waals surface area (Å²) in [5.41, 5.74) is 1.49. The zero-order valence-corrected chi connectivity index (χ0v) is 8.88. The lowest BCUT2D eigenvalue weighted by Gasteiger charge is -2.01.